The molecular weight excluding hydrogens is 200 g/mol. The quantitative estimate of drug-likeness (QED) is 0.685. The van der Waals surface area contributed by atoms with E-state index in [4.69, 9.17) is 5.73 Å². The molecule has 0 aliphatic heterocycles. The van der Waals surface area contributed by atoms with E-state index in [-0.39, 0.29) is 11.3 Å². The zero-order chi connectivity index (χ0) is 12.8. The number of nitrogens with one attached hydrogen (secondary N) is 1. The predicted molar refractivity (Wildman–Crippen MR) is 69.1 cm³/mol. The van der Waals surface area contributed by atoms with Gasteiger partial charge in [0.15, 0.2) is 0 Å². The highest BCUT2D eigenvalue weighted by Crippen LogP contribution is 2.17. The molecule has 0 saturated carbocycles. The highest BCUT2D eigenvalue weighted by atomic mass is 16.2. The molecule has 96 valence electrons. The summed E-state index contributed by atoms with van der Waals surface area (Å²) in [5.41, 5.74) is 5.68. The van der Waals surface area contributed by atoms with Gasteiger partial charge in [-0.25, -0.2) is 0 Å². The fourth-order valence-electron chi connectivity index (χ4n) is 1.39. The van der Waals surface area contributed by atoms with Gasteiger partial charge in [0.25, 0.3) is 0 Å². The number of nitrogens with two attached hydrogens (primary N) is 1. The Morgan fingerprint density at radius 2 is 1.81 bits per heavy atom. The van der Waals surface area contributed by atoms with Crippen LogP contribution in [0.2, 0.25) is 0 Å². The standard InChI is InChI=1S/C13H28N2O/c1-10(2)8-6-7-9-15-12(16)11(14)13(3,4)5/h10-11H,6-9,14H2,1-5H3,(H,15,16)/t11-/m0/s1. The minimum atomic E-state index is -0.419. The molecule has 1 amide bonds. The fraction of sp³-hybridized carbons (Fsp3) is 0.923. The van der Waals surface area contributed by atoms with Crippen molar-refractivity contribution in [1.82, 2.24) is 5.32 Å². The molecule has 0 spiro atoms. The first-order chi connectivity index (χ1) is 7.25. The highest BCUT2D eigenvalue weighted by Gasteiger charge is 2.26. The van der Waals surface area contributed by atoms with Crippen molar-refractivity contribution in [3.63, 3.8) is 0 Å². The van der Waals surface area contributed by atoms with Gasteiger partial charge in [0.2, 0.25) is 5.91 Å². The summed E-state index contributed by atoms with van der Waals surface area (Å²) in [5.74, 6) is 0.713. The van der Waals surface area contributed by atoms with Gasteiger partial charge in [-0.1, -0.05) is 47.5 Å². The van der Waals surface area contributed by atoms with Crippen molar-refractivity contribution in [2.24, 2.45) is 17.1 Å². The van der Waals surface area contributed by atoms with Crippen LogP contribution < -0.4 is 11.1 Å². The molecule has 0 bridgehead atoms. The minimum Gasteiger partial charge on any atom is -0.355 e. The molecular formula is C13H28N2O. The van der Waals surface area contributed by atoms with Crippen molar-refractivity contribution in [3.05, 3.63) is 0 Å². The van der Waals surface area contributed by atoms with Crippen LogP contribution in [0.3, 0.4) is 0 Å². The Balaban J connectivity index is 3.66. The van der Waals surface area contributed by atoms with Crippen LogP contribution in [0.4, 0.5) is 0 Å². The molecule has 16 heavy (non-hydrogen) atoms. The van der Waals surface area contributed by atoms with E-state index in [2.05, 4.69) is 19.2 Å². The molecule has 0 heterocycles. The van der Waals surface area contributed by atoms with E-state index >= 15 is 0 Å². The van der Waals surface area contributed by atoms with E-state index < -0.39 is 6.04 Å². The third-order valence-corrected chi connectivity index (χ3v) is 2.72. The number of rotatable bonds is 6. The van der Waals surface area contributed by atoms with E-state index in [9.17, 15) is 4.79 Å². The van der Waals surface area contributed by atoms with Crippen LogP contribution in [0.1, 0.15) is 53.9 Å². The molecule has 3 nitrogen and oxygen atoms in total. The van der Waals surface area contributed by atoms with Crippen LogP contribution in [0.25, 0.3) is 0 Å². The third kappa shape index (κ3) is 6.83. The molecule has 0 aromatic heterocycles. The number of amides is 1. The number of hydrogen-bond acceptors (Lipinski definition) is 2. The molecule has 0 aromatic rings. The minimum absolute atomic E-state index is 0.0305. The maximum atomic E-state index is 11.7. The molecule has 3 heteroatoms. The van der Waals surface area contributed by atoms with Crippen molar-refractivity contribution in [2.75, 3.05) is 6.54 Å². The molecule has 0 aliphatic rings. The predicted octanol–water partition coefficient (Wildman–Crippen LogP) is 2.30. The molecule has 0 fully saturated rings. The van der Waals surface area contributed by atoms with Crippen molar-refractivity contribution in [2.45, 2.75) is 59.9 Å². The van der Waals surface area contributed by atoms with E-state index in [1.807, 2.05) is 20.8 Å². The Hall–Kier alpha value is -0.570. The summed E-state index contributed by atoms with van der Waals surface area (Å²) in [6.45, 7) is 11.1. The first-order valence-electron chi connectivity index (χ1n) is 6.28. The van der Waals surface area contributed by atoms with Crippen molar-refractivity contribution >= 4 is 5.91 Å². The van der Waals surface area contributed by atoms with E-state index in [0.717, 1.165) is 18.9 Å². The lowest BCUT2D eigenvalue weighted by Crippen LogP contribution is -2.48. The fourth-order valence-corrected chi connectivity index (χ4v) is 1.39. The summed E-state index contributed by atoms with van der Waals surface area (Å²) in [6.07, 6.45) is 3.44. The first-order valence-corrected chi connectivity index (χ1v) is 6.28. The lowest BCUT2D eigenvalue weighted by Gasteiger charge is -2.25. The Labute approximate surface area is 100 Å². The molecule has 0 rings (SSSR count). The summed E-state index contributed by atoms with van der Waals surface area (Å²) in [7, 11) is 0. The third-order valence-electron chi connectivity index (χ3n) is 2.72. The average Bonchev–Trinajstić information content (AvgIpc) is 2.13. The molecule has 3 N–H and O–H groups in total. The summed E-state index contributed by atoms with van der Waals surface area (Å²) in [6, 6.07) is -0.419. The lowest BCUT2D eigenvalue weighted by atomic mass is 9.87. The number of unbranched alkanes of at least 4 members (excludes halogenated alkanes) is 1. The highest BCUT2D eigenvalue weighted by molar-refractivity contribution is 5.82. The zero-order valence-electron chi connectivity index (χ0n) is 11.5. The smallest absolute Gasteiger partial charge is 0.237 e. The van der Waals surface area contributed by atoms with Crippen molar-refractivity contribution in [3.8, 4) is 0 Å². The van der Waals surface area contributed by atoms with Gasteiger partial charge < -0.3 is 11.1 Å². The van der Waals surface area contributed by atoms with Gasteiger partial charge in [-0.05, 0) is 17.8 Å². The van der Waals surface area contributed by atoms with Gasteiger partial charge in [-0.3, -0.25) is 4.79 Å². The lowest BCUT2D eigenvalue weighted by molar-refractivity contribution is -0.124. The topological polar surface area (TPSA) is 55.1 Å². The van der Waals surface area contributed by atoms with Crippen LogP contribution in [-0.2, 0) is 4.79 Å². The van der Waals surface area contributed by atoms with E-state index in [1.54, 1.807) is 0 Å². The second-order valence-electron chi connectivity index (χ2n) is 6.02. The van der Waals surface area contributed by atoms with Crippen LogP contribution in [0.15, 0.2) is 0 Å². The summed E-state index contributed by atoms with van der Waals surface area (Å²) < 4.78 is 0. The molecule has 1 atom stereocenters. The Morgan fingerprint density at radius 1 is 1.25 bits per heavy atom. The molecule has 0 aromatic carbocycles. The van der Waals surface area contributed by atoms with Crippen molar-refractivity contribution in [1.29, 1.82) is 0 Å². The largest absolute Gasteiger partial charge is 0.355 e. The zero-order valence-corrected chi connectivity index (χ0v) is 11.5. The van der Waals surface area contributed by atoms with Crippen LogP contribution in [0, 0.1) is 11.3 Å². The Kier molecular flexibility index (Phi) is 6.65. The Morgan fingerprint density at radius 3 is 2.25 bits per heavy atom. The Bertz CT molecular complexity index is 206. The van der Waals surface area contributed by atoms with Crippen LogP contribution >= 0.6 is 0 Å². The van der Waals surface area contributed by atoms with Gasteiger partial charge in [0.1, 0.15) is 0 Å². The van der Waals surface area contributed by atoms with E-state index in [0.29, 0.717) is 0 Å². The monoisotopic (exact) mass is 228 g/mol. The summed E-state index contributed by atoms with van der Waals surface area (Å²) in [5, 5.41) is 2.90. The van der Waals surface area contributed by atoms with Gasteiger partial charge >= 0.3 is 0 Å². The SMILES string of the molecule is CC(C)CCCCNC(=O)[C@H](N)C(C)(C)C. The molecule has 0 aliphatic carbocycles. The van der Waals surface area contributed by atoms with E-state index in [1.165, 1.54) is 12.8 Å². The van der Waals surface area contributed by atoms with Gasteiger partial charge in [0, 0.05) is 6.54 Å². The van der Waals surface area contributed by atoms with Gasteiger partial charge in [-0.15, -0.1) is 0 Å². The van der Waals surface area contributed by atoms with Gasteiger partial charge in [0.05, 0.1) is 6.04 Å². The second-order valence-corrected chi connectivity index (χ2v) is 6.02. The molecule has 0 saturated heterocycles. The second kappa shape index (κ2) is 6.89. The summed E-state index contributed by atoms with van der Waals surface area (Å²) >= 11 is 0. The molecule has 0 radical (unpaired) electrons. The normalized spacial score (nSPS) is 13.9. The summed E-state index contributed by atoms with van der Waals surface area (Å²) in [4.78, 5) is 11.7. The molecule has 0 unspecified atom stereocenters. The number of carbonyl (C=O) groups is 1. The maximum Gasteiger partial charge on any atom is 0.237 e. The van der Waals surface area contributed by atoms with Crippen molar-refractivity contribution < 1.29 is 4.79 Å². The van der Waals surface area contributed by atoms with Crippen LogP contribution in [0.5, 0.6) is 0 Å². The maximum absolute atomic E-state index is 11.7. The van der Waals surface area contributed by atoms with Gasteiger partial charge in [-0.2, -0.15) is 0 Å². The average molecular weight is 228 g/mol. The first kappa shape index (κ1) is 15.4. The number of carbonyl (C=O) groups excluding carboxylic acids is 1. The number of hydrogen-bond donors (Lipinski definition) is 2. The van der Waals surface area contributed by atoms with Crippen LogP contribution in [-0.4, -0.2) is 18.5 Å².